The van der Waals surface area contributed by atoms with E-state index in [9.17, 15) is 4.39 Å². The van der Waals surface area contributed by atoms with Crippen molar-refractivity contribution in [2.24, 2.45) is 0 Å². The first-order valence-corrected chi connectivity index (χ1v) is 3.95. The highest BCUT2D eigenvalue weighted by atomic mass is 19.1. The first-order valence-electron chi connectivity index (χ1n) is 3.95. The third-order valence-corrected chi connectivity index (χ3v) is 1.77. The summed E-state index contributed by atoms with van der Waals surface area (Å²) in [4.78, 5) is 0. The zero-order valence-corrected chi connectivity index (χ0v) is 7.58. The van der Waals surface area contributed by atoms with Crippen molar-refractivity contribution >= 4 is 6.08 Å². The quantitative estimate of drug-likeness (QED) is 0.633. The molecule has 0 unspecified atom stereocenters. The van der Waals surface area contributed by atoms with Crippen LogP contribution < -0.4 is 0 Å². The fourth-order valence-corrected chi connectivity index (χ4v) is 1.05. The molecule has 0 aliphatic heterocycles. The summed E-state index contributed by atoms with van der Waals surface area (Å²) in [5.41, 5.74) is 1.40. The van der Waals surface area contributed by atoms with Crippen molar-refractivity contribution in [1.82, 2.24) is 0 Å². The van der Waals surface area contributed by atoms with Gasteiger partial charge in [0.25, 0.3) is 0 Å². The lowest BCUT2D eigenvalue weighted by Gasteiger charge is -1.98. The zero-order chi connectivity index (χ0) is 10.6. The predicted octanol–water partition coefficient (Wildman–Crippen LogP) is 2.56. The zero-order valence-electron chi connectivity index (χ0n) is 7.58. The second-order valence-corrected chi connectivity index (χ2v) is 2.78. The molecule has 0 aliphatic carbocycles. The van der Waals surface area contributed by atoms with Gasteiger partial charge in [-0.3, -0.25) is 0 Å². The van der Waals surface area contributed by atoms with Crippen molar-refractivity contribution < 1.29 is 4.39 Å². The summed E-state index contributed by atoms with van der Waals surface area (Å²) in [6.07, 6.45) is 1.44. The van der Waals surface area contributed by atoms with Crippen molar-refractivity contribution in [3.63, 3.8) is 0 Å². The van der Waals surface area contributed by atoms with E-state index < -0.39 is 0 Å². The van der Waals surface area contributed by atoms with Crippen LogP contribution in [0.4, 0.5) is 4.39 Å². The van der Waals surface area contributed by atoms with Crippen molar-refractivity contribution in [2.75, 3.05) is 0 Å². The van der Waals surface area contributed by atoms with Gasteiger partial charge in [-0.2, -0.15) is 10.5 Å². The molecule has 0 bridgehead atoms. The Hall–Kier alpha value is -2.13. The number of halogens is 1. The van der Waals surface area contributed by atoms with Gasteiger partial charge in [0.05, 0.1) is 0 Å². The van der Waals surface area contributed by atoms with E-state index in [1.54, 1.807) is 25.1 Å². The van der Waals surface area contributed by atoms with Crippen LogP contribution in [0.3, 0.4) is 0 Å². The van der Waals surface area contributed by atoms with Gasteiger partial charge in [-0.15, -0.1) is 0 Å². The maximum absolute atomic E-state index is 12.7. The molecule has 3 heteroatoms. The lowest BCUT2D eigenvalue weighted by atomic mass is 10.1. The van der Waals surface area contributed by atoms with Gasteiger partial charge in [0, 0.05) is 0 Å². The molecular weight excluding hydrogens is 179 g/mol. The largest absolute Gasteiger partial charge is 0.207 e. The van der Waals surface area contributed by atoms with E-state index in [0.29, 0.717) is 11.1 Å². The summed E-state index contributed by atoms with van der Waals surface area (Å²) < 4.78 is 12.7. The molecule has 1 aromatic carbocycles. The lowest BCUT2D eigenvalue weighted by molar-refractivity contribution is 0.626. The molecule has 0 radical (unpaired) electrons. The van der Waals surface area contributed by atoms with Crippen LogP contribution in [0.2, 0.25) is 0 Å². The van der Waals surface area contributed by atoms with E-state index >= 15 is 0 Å². The second-order valence-electron chi connectivity index (χ2n) is 2.78. The van der Waals surface area contributed by atoms with Gasteiger partial charge < -0.3 is 0 Å². The molecule has 1 rings (SSSR count). The topological polar surface area (TPSA) is 47.6 Å². The van der Waals surface area contributed by atoms with Crippen LogP contribution in [0.1, 0.15) is 11.1 Å². The lowest BCUT2D eigenvalue weighted by Crippen LogP contribution is -1.84. The SMILES string of the molecule is Cc1cc(F)ccc1C=C(C#N)C#N. The smallest absolute Gasteiger partial charge is 0.130 e. The molecule has 0 atom stereocenters. The molecule has 0 saturated carbocycles. The molecule has 0 aliphatic rings. The van der Waals surface area contributed by atoms with Crippen LogP contribution in [0, 0.1) is 35.4 Å². The number of nitrogens with zero attached hydrogens (tertiary/aromatic N) is 2. The Labute approximate surface area is 81.5 Å². The fraction of sp³-hybridized carbons (Fsp3) is 0.0909. The molecule has 68 valence electrons. The van der Waals surface area contributed by atoms with E-state index in [4.69, 9.17) is 10.5 Å². The molecule has 0 saturated heterocycles. The van der Waals surface area contributed by atoms with Gasteiger partial charge in [-0.05, 0) is 36.3 Å². The van der Waals surface area contributed by atoms with E-state index in [0.717, 1.165) is 0 Å². The van der Waals surface area contributed by atoms with Crippen LogP contribution in [-0.4, -0.2) is 0 Å². The van der Waals surface area contributed by atoms with Crippen molar-refractivity contribution in [2.45, 2.75) is 6.92 Å². The Morgan fingerprint density at radius 2 is 2.00 bits per heavy atom. The van der Waals surface area contributed by atoms with Crippen molar-refractivity contribution in [3.8, 4) is 12.1 Å². The predicted molar refractivity (Wildman–Crippen MR) is 50.3 cm³/mol. The molecular formula is C11H7FN2. The maximum atomic E-state index is 12.7. The van der Waals surface area contributed by atoms with Crippen molar-refractivity contribution in [1.29, 1.82) is 10.5 Å². The number of nitriles is 2. The number of aryl methyl sites for hydroxylation is 1. The molecule has 0 spiro atoms. The summed E-state index contributed by atoms with van der Waals surface area (Å²) in [6.45, 7) is 1.72. The van der Waals surface area contributed by atoms with E-state index in [2.05, 4.69) is 0 Å². The third kappa shape index (κ3) is 2.18. The molecule has 0 aromatic heterocycles. The first-order chi connectivity index (χ1) is 6.67. The average molecular weight is 186 g/mol. The Balaban J connectivity index is 3.18. The van der Waals surface area contributed by atoms with Gasteiger partial charge in [-0.1, -0.05) is 6.07 Å². The Bertz CT molecular complexity index is 445. The minimum atomic E-state index is -0.324. The highest BCUT2D eigenvalue weighted by Gasteiger charge is 1.99. The molecule has 0 N–H and O–H groups in total. The van der Waals surface area contributed by atoms with Gasteiger partial charge in [0.1, 0.15) is 23.5 Å². The number of allylic oxidation sites excluding steroid dienone is 1. The number of hydrogen-bond acceptors (Lipinski definition) is 2. The summed E-state index contributed by atoms with van der Waals surface area (Å²) in [5.74, 6) is -0.324. The number of hydrogen-bond donors (Lipinski definition) is 0. The standard InChI is InChI=1S/C11H7FN2/c1-8-4-11(12)3-2-10(8)5-9(6-13)7-14/h2-5H,1H3. The van der Waals surface area contributed by atoms with Gasteiger partial charge in [-0.25, -0.2) is 4.39 Å². The number of rotatable bonds is 1. The van der Waals surface area contributed by atoms with Crippen LogP contribution >= 0.6 is 0 Å². The van der Waals surface area contributed by atoms with Gasteiger partial charge in [0.15, 0.2) is 0 Å². The van der Waals surface area contributed by atoms with E-state index in [1.807, 2.05) is 0 Å². The third-order valence-electron chi connectivity index (χ3n) is 1.77. The molecule has 14 heavy (non-hydrogen) atoms. The minimum Gasteiger partial charge on any atom is -0.207 e. The van der Waals surface area contributed by atoms with Crippen LogP contribution in [0.5, 0.6) is 0 Å². The van der Waals surface area contributed by atoms with Gasteiger partial charge in [0.2, 0.25) is 0 Å². The van der Waals surface area contributed by atoms with Crippen LogP contribution in [0.25, 0.3) is 6.08 Å². The van der Waals surface area contributed by atoms with Crippen LogP contribution in [-0.2, 0) is 0 Å². The van der Waals surface area contributed by atoms with Gasteiger partial charge >= 0.3 is 0 Å². The second kappa shape index (κ2) is 4.20. The van der Waals surface area contributed by atoms with E-state index in [1.165, 1.54) is 18.2 Å². The molecule has 0 heterocycles. The molecule has 1 aromatic rings. The summed E-state index contributed by atoms with van der Waals surface area (Å²) in [5, 5.41) is 17.0. The fourth-order valence-electron chi connectivity index (χ4n) is 1.05. The Morgan fingerprint density at radius 1 is 1.36 bits per heavy atom. The average Bonchev–Trinajstić information content (AvgIpc) is 2.17. The maximum Gasteiger partial charge on any atom is 0.130 e. The molecule has 0 amide bonds. The van der Waals surface area contributed by atoms with E-state index in [-0.39, 0.29) is 11.4 Å². The summed E-state index contributed by atoms with van der Waals surface area (Å²) in [7, 11) is 0. The highest BCUT2D eigenvalue weighted by Crippen LogP contribution is 2.13. The minimum absolute atomic E-state index is 0.0136. The summed E-state index contributed by atoms with van der Waals surface area (Å²) in [6, 6.07) is 7.69. The Kier molecular flexibility index (Phi) is 2.99. The summed E-state index contributed by atoms with van der Waals surface area (Å²) >= 11 is 0. The molecule has 2 nitrogen and oxygen atoms in total. The molecule has 0 fully saturated rings. The number of benzene rings is 1. The first kappa shape index (κ1) is 9.95. The normalized spacial score (nSPS) is 8.57. The van der Waals surface area contributed by atoms with Crippen LogP contribution in [0.15, 0.2) is 23.8 Å². The Morgan fingerprint density at radius 3 is 2.50 bits per heavy atom. The highest BCUT2D eigenvalue weighted by molar-refractivity contribution is 5.63. The van der Waals surface area contributed by atoms with Crippen molar-refractivity contribution in [3.05, 3.63) is 40.7 Å². The monoisotopic (exact) mass is 186 g/mol.